The maximum absolute atomic E-state index is 6.28. The Kier molecular flexibility index (Phi) is 10.5. The van der Waals surface area contributed by atoms with Crippen LogP contribution in [0.4, 0.5) is 11.5 Å². The molecule has 1 aliphatic heterocycles. The minimum Gasteiger partial charge on any atom is -0.383 e. The smallest absolute Gasteiger partial charge is 0.191 e. The number of guanidine groups is 1. The average molecular weight is 545 g/mol. The van der Waals surface area contributed by atoms with Crippen molar-refractivity contribution < 1.29 is 4.74 Å². The van der Waals surface area contributed by atoms with Gasteiger partial charge in [0.2, 0.25) is 0 Å². The van der Waals surface area contributed by atoms with Gasteiger partial charge in [0.1, 0.15) is 5.82 Å². The van der Waals surface area contributed by atoms with Crippen LogP contribution < -0.4 is 20.9 Å². The van der Waals surface area contributed by atoms with Gasteiger partial charge in [-0.2, -0.15) is 0 Å². The van der Waals surface area contributed by atoms with Crippen LogP contribution >= 0.6 is 35.6 Å². The molecule has 0 aliphatic carbocycles. The van der Waals surface area contributed by atoms with E-state index in [9.17, 15) is 0 Å². The number of halogens is 2. The van der Waals surface area contributed by atoms with E-state index < -0.39 is 0 Å². The maximum atomic E-state index is 6.28. The highest BCUT2D eigenvalue weighted by Gasteiger charge is 2.25. The quantitative estimate of drug-likeness (QED) is 0.205. The van der Waals surface area contributed by atoms with E-state index in [1.807, 2.05) is 12.1 Å². The standard InChI is InChI=1S/C21H29ClN6O.HI/c1-23-21(26-14-16-5-7-17(8-6-16)24-11-13-29-2)27-18-9-12-28(15-18)20-19(22)4-3-10-25-20;/h3-8,10,18,24H,9,11-15H2,1-2H3,(H2,23,26,27);1H. The van der Waals surface area contributed by atoms with Crippen LogP contribution in [0.5, 0.6) is 0 Å². The molecular weight excluding hydrogens is 515 g/mol. The van der Waals surface area contributed by atoms with E-state index in [4.69, 9.17) is 16.3 Å². The zero-order valence-corrected chi connectivity index (χ0v) is 20.5. The number of hydrogen-bond donors (Lipinski definition) is 3. The number of hydrogen-bond acceptors (Lipinski definition) is 5. The minimum atomic E-state index is 0. The van der Waals surface area contributed by atoms with Gasteiger partial charge in [-0.3, -0.25) is 4.99 Å². The van der Waals surface area contributed by atoms with Gasteiger partial charge in [-0.25, -0.2) is 4.98 Å². The fourth-order valence-corrected chi connectivity index (χ4v) is 3.53. The summed E-state index contributed by atoms with van der Waals surface area (Å²) in [6.45, 7) is 3.96. The molecule has 0 saturated carbocycles. The Morgan fingerprint density at radius 3 is 2.80 bits per heavy atom. The van der Waals surface area contributed by atoms with Crippen molar-refractivity contribution in [2.45, 2.75) is 19.0 Å². The van der Waals surface area contributed by atoms with Crippen molar-refractivity contribution in [3.8, 4) is 0 Å². The third-order valence-corrected chi connectivity index (χ3v) is 5.14. The van der Waals surface area contributed by atoms with Crippen molar-refractivity contribution in [3.63, 3.8) is 0 Å². The molecule has 1 aromatic carbocycles. The van der Waals surface area contributed by atoms with Crippen molar-refractivity contribution in [1.82, 2.24) is 15.6 Å². The second-order valence-corrected chi connectivity index (χ2v) is 7.33. The van der Waals surface area contributed by atoms with Crippen molar-refractivity contribution in [2.75, 3.05) is 50.6 Å². The monoisotopic (exact) mass is 544 g/mol. The lowest BCUT2D eigenvalue weighted by Gasteiger charge is -2.20. The molecule has 1 unspecified atom stereocenters. The molecule has 1 aromatic heterocycles. The number of anilines is 2. The molecule has 1 aliphatic rings. The van der Waals surface area contributed by atoms with Gasteiger partial charge in [0.05, 0.1) is 11.6 Å². The Morgan fingerprint density at radius 2 is 2.10 bits per heavy atom. The second-order valence-electron chi connectivity index (χ2n) is 6.93. The summed E-state index contributed by atoms with van der Waals surface area (Å²) in [6, 6.07) is 12.4. The van der Waals surface area contributed by atoms with Crippen LogP contribution in [0.25, 0.3) is 0 Å². The lowest BCUT2D eigenvalue weighted by Crippen LogP contribution is -2.44. The Bertz CT molecular complexity index is 804. The highest BCUT2D eigenvalue weighted by atomic mass is 127. The normalized spacial score (nSPS) is 16.2. The average Bonchev–Trinajstić information content (AvgIpc) is 3.21. The van der Waals surface area contributed by atoms with Gasteiger partial charge >= 0.3 is 0 Å². The molecule has 9 heteroatoms. The zero-order valence-electron chi connectivity index (χ0n) is 17.4. The molecule has 30 heavy (non-hydrogen) atoms. The summed E-state index contributed by atoms with van der Waals surface area (Å²) in [7, 11) is 3.49. The molecule has 7 nitrogen and oxygen atoms in total. The van der Waals surface area contributed by atoms with E-state index in [1.165, 1.54) is 5.56 Å². The Hall–Kier alpha value is -1.78. The Morgan fingerprint density at radius 1 is 1.30 bits per heavy atom. The van der Waals surface area contributed by atoms with E-state index >= 15 is 0 Å². The van der Waals surface area contributed by atoms with Gasteiger partial charge in [-0.05, 0) is 36.2 Å². The summed E-state index contributed by atoms with van der Waals surface area (Å²) in [5.74, 6) is 1.65. The van der Waals surface area contributed by atoms with Crippen LogP contribution in [0.1, 0.15) is 12.0 Å². The number of nitrogens with one attached hydrogen (secondary N) is 3. The molecule has 1 atom stereocenters. The van der Waals surface area contributed by atoms with Crippen molar-refractivity contribution in [2.24, 2.45) is 4.99 Å². The SMILES string of the molecule is CN=C(NCc1ccc(NCCOC)cc1)NC1CCN(c2ncccc2Cl)C1.I. The predicted molar refractivity (Wildman–Crippen MR) is 135 cm³/mol. The van der Waals surface area contributed by atoms with Gasteiger partial charge in [-0.1, -0.05) is 23.7 Å². The summed E-state index contributed by atoms with van der Waals surface area (Å²) in [4.78, 5) is 11.0. The summed E-state index contributed by atoms with van der Waals surface area (Å²) in [5, 5.41) is 10.9. The maximum Gasteiger partial charge on any atom is 0.191 e. The molecule has 0 amide bonds. The molecule has 1 saturated heterocycles. The van der Waals surface area contributed by atoms with E-state index in [2.05, 4.69) is 55.1 Å². The molecule has 0 bridgehead atoms. The number of methoxy groups -OCH3 is 1. The van der Waals surface area contributed by atoms with Crippen LogP contribution in [0, 0.1) is 0 Å². The first-order valence-electron chi connectivity index (χ1n) is 9.84. The minimum absolute atomic E-state index is 0. The number of ether oxygens (including phenoxy) is 1. The van der Waals surface area contributed by atoms with Crippen molar-refractivity contribution in [1.29, 1.82) is 0 Å². The van der Waals surface area contributed by atoms with E-state index in [-0.39, 0.29) is 24.0 Å². The third-order valence-electron chi connectivity index (χ3n) is 4.84. The van der Waals surface area contributed by atoms with Crippen LogP contribution in [0.15, 0.2) is 47.6 Å². The van der Waals surface area contributed by atoms with Crippen LogP contribution in [0.3, 0.4) is 0 Å². The van der Waals surface area contributed by atoms with Gasteiger partial charge in [-0.15, -0.1) is 24.0 Å². The van der Waals surface area contributed by atoms with Crippen molar-refractivity contribution in [3.05, 3.63) is 53.2 Å². The summed E-state index contributed by atoms with van der Waals surface area (Å²) in [6.07, 6.45) is 2.79. The molecule has 2 aromatic rings. The lowest BCUT2D eigenvalue weighted by molar-refractivity contribution is 0.211. The van der Waals surface area contributed by atoms with Gasteiger partial charge in [0, 0.05) is 58.3 Å². The molecule has 3 N–H and O–H groups in total. The highest BCUT2D eigenvalue weighted by Crippen LogP contribution is 2.25. The van der Waals surface area contributed by atoms with E-state index in [0.717, 1.165) is 43.5 Å². The molecular formula is C21H30ClIN6O. The first-order chi connectivity index (χ1) is 14.2. The molecule has 0 radical (unpaired) electrons. The van der Waals surface area contributed by atoms with Gasteiger partial charge < -0.3 is 25.6 Å². The van der Waals surface area contributed by atoms with Crippen LogP contribution in [-0.2, 0) is 11.3 Å². The number of benzene rings is 1. The lowest BCUT2D eigenvalue weighted by atomic mass is 10.2. The first kappa shape index (κ1) is 24.5. The Labute approximate surface area is 200 Å². The zero-order chi connectivity index (χ0) is 20.5. The first-order valence-corrected chi connectivity index (χ1v) is 10.2. The van der Waals surface area contributed by atoms with Gasteiger partial charge in [0.25, 0.3) is 0 Å². The number of rotatable bonds is 8. The fraction of sp³-hybridized carbons (Fsp3) is 0.429. The predicted octanol–water partition coefficient (Wildman–Crippen LogP) is 3.36. The Balaban J connectivity index is 0.00000320. The summed E-state index contributed by atoms with van der Waals surface area (Å²) in [5.41, 5.74) is 2.28. The molecule has 3 rings (SSSR count). The second kappa shape index (κ2) is 12.8. The number of pyridine rings is 1. The number of aliphatic imine (C=N–C) groups is 1. The van der Waals surface area contributed by atoms with Gasteiger partial charge in [0.15, 0.2) is 5.96 Å². The third kappa shape index (κ3) is 7.17. The van der Waals surface area contributed by atoms with Crippen LogP contribution in [0.2, 0.25) is 5.02 Å². The number of nitrogens with zero attached hydrogens (tertiary/aromatic N) is 3. The summed E-state index contributed by atoms with van der Waals surface area (Å²) < 4.78 is 5.05. The van der Waals surface area contributed by atoms with Crippen LogP contribution in [-0.4, -0.2) is 57.4 Å². The molecule has 2 heterocycles. The topological polar surface area (TPSA) is 73.8 Å². The largest absolute Gasteiger partial charge is 0.383 e. The highest BCUT2D eigenvalue weighted by molar-refractivity contribution is 14.0. The van der Waals surface area contributed by atoms with E-state index in [0.29, 0.717) is 24.2 Å². The van der Waals surface area contributed by atoms with Crippen molar-refractivity contribution >= 4 is 53.0 Å². The molecule has 164 valence electrons. The summed E-state index contributed by atoms with van der Waals surface area (Å²) >= 11 is 6.28. The number of aromatic nitrogens is 1. The molecule has 1 fully saturated rings. The van der Waals surface area contributed by atoms with E-state index in [1.54, 1.807) is 20.4 Å². The molecule has 0 spiro atoms. The fourth-order valence-electron chi connectivity index (χ4n) is 3.29.